The van der Waals surface area contributed by atoms with Crippen LogP contribution in [-0.2, 0) is 0 Å². The van der Waals surface area contributed by atoms with Gasteiger partial charge in [0.25, 0.3) is 5.91 Å². The molecule has 1 atom stereocenters. The number of halogens is 1. The highest BCUT2D eigenvalue weighted by molar-refractivity contribution is 6.20. The van der Waals surface area contributed by atoms with E-state index in [2.05, 4.69) is 5.32 Å². The first kappa shape index (κ1) is 14.6. The highest BCUT2D eigenvalue weighted by Crippen LogP contribution is 2.27. The van der Waals surface area contributed by atoms with Crippen LogP contribution in [0.1, 0.15) is 23.7 Å². The van der Waals surface area contributed by atoms with E-state index < -0.39 is 0 Å². The van der Waals surface area contributed by atoms with Crippen LogP contribution in [0.4, 0.5) is 0 Å². The van der Waals surface area contributed by atoms with E-state index in [0.29, 0.717) is 23.6 Å². The molecule has 100 valence electrons. The molecule has 0 aliphatic rings. The Bertz CT molecular complexity index is 407. The highest BCUT2D eigenvalue weighted by atomic mass is 35.5. The van der Waals surface area contributed by atoms with Gasteiger partial charge in [0.05, 0.1) is 14.2 Å². The van der Waals surface area contributed by atoms with Crippen LogP contribution >= 0.6 is 11.6 Å². The molecule has 0 bridgehead atoms. The summed E-state index contributed by atoms with van der Waals surface area (Å²) < 4.78 is 10.3. The van der Waals surface area contributed by atoms with Crippen LogP contribution in [0.5, 0.6) is 11.5 Å². The summed E-state index contributed by atoms with van der Waals surface area (Å²) in [6, 6.07) is 5.05. The van der Waals surface area contributed by atoms with Gasteiger partial charge in [0.2, 0.25) is 0 Å². The lowest BCUT2D eigenvalue weighted by Crippen LogP contribution is -2.25. The van der Waals surface area contributed by atoms with Crippen molar-refractivity contribution in [3.8, 4) is 11.5 Å². The Labute approximate surface area is 112 Å². The van der Waals surface area contributed by atoms with Crippen LogP contribution in [-0.4, -0.2) is 32.0 Å². The molecule has 0 aliphatic carbocycles. The van der Waals surface area contributed by atoms with Crippen molar-refractivity contribution in [1.29, 1.82) is 0 Å². The number of nitrogens with one attached hydrogen (secondary N) is 1. The molecule has 1 unspecified atom stereocenters. The zero-order valence-electron chi connectivity index (χ0n) is 10.8. The van der Waals surface area contributed by atoms with Crippen molar-refractivity contribution in [3.63, 3.8) is 0 Å². The number of hydrogen-bond donors (Lipinski definition) is 1. The molecule has 5 heteroatoms. The third-order valence-electron chi connectivity index (χ3n) is 2.47. The predicted molar refractivity (Wildman–Crippen MR) is 71.8 cm³/mol. The van der Waals surface area contributed by atoms with Crippen LogP contribution in [0.3, 0.4) is 0 Å². The fraction of sp³-hybridized carbons (Fsp3) is 0.462. The molecule has 0 saturated carbocycles. The molecule has 0 aromatic heterocycles. The molecule has 1 aromatic rings. The molecule has 0 spiro atoms. The molecule has 18 heavy (non-hydrogen) atoms. The molecular weight excluding hydrogens is 254 g/mol. The number of rotatable bonds is 6. The Morgan fingerprint density at radius 2 is 2.00 bits per heavy atom. The second kappa shape index (κ2) is 7.11. The maximum Gasteiger partial charge on any atom is 0.251 e. The summed E-state index contributed by atoms with van der Waals surface area (Å²) in [5.74, 6) is 0.993. The van der Waals surface area contributed by atoms with E-state index in [0.717, 1.165) is 6.42 Å². The van der Waals surface area contributed by atoms with Gasteiger partial charge >= 0.3 is 0 Å². The SMILES string of the molecule is COc1ccc(C(=O)NCCC(C)Cl)cc1OC. The lowest BCUT2D eigenvalue weighted by atomic mass is 10.2. The quantitative estimate of drug-likeness (QED) is 0.809. The first-order valence-electron chi connectivity index (χ1n) is 5.72. The summed E-state index contributed by atoms with van der Waals surface area (Å²) >= 11 is 5.81. The molecule has 0 aliphatic heterocycles. The van der Waals surface area contributed by atoms with Crippen LogP contribution < -0.4 is 14.8 Å². The largest absolute Gasteiger partial charge is 0.493 e. The second-order valence-corrected chi connectivity index (χ2v) is 4.64. The Kier molecular flexibility index (Phi) is 5.78. The van der Waals surface area contributed by atoms with E-state index in [1.165, 1.54) is 7.11 Å². The third kappa shape index (κ3) is 4.11. The van der Waals surface area contributed by atoms with Crippen molar-refractivity contribution >= 4 is 17.5 Å². The van der Waals surface area contributed by atoms with Crippen molar-refractivity contribution in [2.45, 2.75) is 18.7 Å². The minimum absolute atomic E-state index is 0.0516. The maximum atomic E-state index is 11.8. The molecular formula is C13H18ClNO3. The first-order chi connectivity index (χ1) is 8.58. The van der Waals surface area contributed by atoms with Crippen molar-refractivity contribution in [2.75, 3.05) is 20.8 Å². The first-order valence-corrected chi connectivity index (χ1v) is 6.16. The highest BCUT2D eigenvalue weighted by Gasteiger charge is 2.10. The van der Waals surface area contributed by atoms with Crippen LogP contribution in [0.15, 0.2) is 18.2 Å². The van der Waals surface area contributed by atoms with Crippen molar-refractivity contribution in [2.24, 2.45) is 0 Å². The van der Waals surface area contributed by atoms with Crippen molar-refractivity contribution < 1.29 is 14.3 Å². The van der Waals surface area contributed by atoms with E-state index in [4.69, 9.17) is 21.1 Å². The van der Waals surface area contributed by atoms with Crippen LogP contribution in [0.25, 0.3) is 0 Å². The molecule has 0 heterocycles. The van der Waals surface area contributed by atoms with Gasteiger partial charge in [0.1, 0.15) is 0 Å². The molecule has 1 aromatic carbocycles. The summed E-state index contributed by atoms with van der Waals surface area (Å²) in [7, 11) is 3.09. The predicted octanol–water partition coefficient (Wildman–Crippen LogP) is 2.45. The van der Waals surface area contributed by atoms with E-state index in [-0.39, 0.29) is 11.3 Å². The van der Waals surface area contributed by atoms with Gasteiger partial charge in [-0.3, -0.25) is 4.79 Å². The third-order valence-corrected chi connectivity index (χ3v) is 2.69. The standard InChI is InChI=1S/C13H18ClNO3/c1-9(14)6-7-15-13(16)10-4-5-11(17-2)12(8-10)18-3/h4-5,8-9H,6-7H2,1-3H3,(H,15,16). The summed E-state index contributed by atoms with van der Waals surface area (Å²) in [6.45, 7) is 2.45. The fourth-order valence-electron chi connectivity index (χ4n) is 1.46. The van der Waals surface area contributed by atoms with Gasteiger partial charge in [-0.1, -0.05) is 0 Å². The Morgan fingerprint density at radius 1 is 1.33 bits per heavy atom. The molecule has 0 saturated heterocycles. The number of ether oxygens (including phenoxy) is 2. The smallest absolute Gasteiger partial charge is 0.251 e. The zero-order valence-corrected chi connectivity index (χ0v) is 11.6. The average molecular weight is 272 g/mol. The van der Waals surface area contributed by atoms with Crippen molar-refractivity contribution in [3.05, 3.63) is 23.8 Å². The molecule has 1 amide bonds. The minimum Gasteiger partial charge on any atom is -0.493 e. The number of alkyl halides is 1. The van der Waals surface area contributed by atoms with E-state index in [9.17, 15) is 4.79 Å². The zero-order chi connectivity index (χ0) is 13.5. The van der Waals surface area contributed by atoms with Gasteiger partial charge in [-0.15, -0.1) is 11.6 Å². The van der Waals surface area contributed by atoms with E-state index >= 15 is 0 Å². The summed E-state index contributed by atoms with van der Waals surface area (Å²) in [5.41, 5.74) is 0.537. The average Bonchev–Trinajstić information content (AvgIpc) is 2.37. The lowest BCUT2D eigenvalue weighted by molar-refractivity contribution is 0.0953. The number of amides is 1. The van der Waals surface area contributed by atoms with Gasteiger partial charge in [0.15, 0.2) is 11.5 Å². The Balaban J connectivity index is 2.68. The van der Waals surface area contributed by atoms with Gasteiger partial charge in [0, 0.05) is 17.5 Å². The van der Waals surface area contributed by atoms with Gasteiger partial charge < -0.3 is 14.8 Å². The lowest BCUT2D eigenvalue weighted by Gasteiger charge is -2.10. The number of carbonyl (C=O) groups excluding carboxylic acids is 1. The van der Waals surface area contributed by atoms with Gasteiger partial charge in [-0.05, 0) is 31.5 Å². The van der Waals surface area contributed by atoms with Gasteiger partial charge in [-0.2, -0.15) is 0 Å². The summed E-state index contributed by atoms with van der Waals surface area (Å²) in [6.07, 6.45) is 0.737. The van der Waals surface area contributed by atoms with Crippen LogP contribution in [0, 0.1) is 0 Å². The molecule has 0 radical (unpaired) electrons. The fourth-order valence-corrected chi connectivity index (χ4v) is 1.57. The Morgan fingerprint density at radius 3 is 2.56 bits per heavy atom. The van der Waals surface area contributed by atoms with Crippen molar-refractivity contribution in [1.82, 2.24) is 5.32 Å². The molecule has 1 N–H and O–H groups in total. The topological polar surface area (TPSA) is 47.6 Å². The van der Waals surface area contributed by atoms with E-state index in [1.807, 2.05) is 6.92 Å². The second-order valence-electron chi connectivity index (χ2n) is 3.90. The maximum absolute atomic E-state index is 11.8. The van der Waals surface area contributed by atoms with E-state index in [1.54, 1.807) is 25.3 Å². The monoisotopic (exact) mass is 271 g/mol. The molecule has 4 nitrogen and oxygen atoms in total. The summed E-state index contributed by atoms with van der Waals surface area (Å²) in [4.78, 5) is 11.8. The number of carbonyl (C=O) groups is 1. The number of methoxy groups -OCH3 is 2. The van der Waals surface area contributed by atoms with Crippen LogP contribution in [0.2, 0.25) is 0 Å². The number of hydrogen-bond acceptors (Lipinski definition) is 3. The summed E-state index contributed by atoms with van der Waals surface area (Å²) in [5, 5.41) is 2.85. The normalized spacial score (nSPS) is 11.8. The molecule has 1 rings (SSSR count). The van der Waals surface area contributed by atoms with Gasteiger partial charge in [-0.25, -0.2) is 0 Å². The Hall–Kier alpha value is -1.42. The number of benzene rings is 1. The molecule has 0 fully saturated rings. The minimum atomic E-state index is -0.145.